The van der Waals surface area contributed by atoms with Gasteiger partial charge in [0.2, 0.25) is 0 Å². The maximum atomic E-state index is 2.53. The first-order valence-corrected chi connectivity index (χ1v) is 24.8. The molecule has 8 aromatic carbocycles. The Morgan fingerprint density at radius 1 is 0.409 bits per heavy atom. The lowest BCUT2D eigenvalue weighted by molar-refractivity contribution is 0.187. The first-order valence-electron chi connectivity index (χ1n) is 24.8. The molecule has 1 heterocycles. The van der Waals surface area contributed by atoms with Crippen LogP contribution in [-0.2, 0) is 5.41 Å². The number of rotatable bonds is 10. The number of benzene rings is 8. The maximum absolute atomic E-state index is 2.53. The molecule has 5 unspecified atom stereocenters. The third-order valence-electron chi connectivity index (χ3n) is 16.6. The van der Waals surface area contributed by atoms with Crippen molar-refractivity contribution in [1.82, 2.24) is 4.57 Å². The summed E-state index contributed by atoms with van der Waals surface area (Å²) in [7, 11) is 0. The van der Waals surface area contributed by atoms with Gasteiger partial charge in [0.25, 0.3) is 0 Å². The number of fused-ring (bicyclic) bond motifs is 3. The van der Waals surface area contributed by atoms with Crippen LogP contribution in [0.2, 0.25) is 0 Å². The molecule has 5 fully saturated rings. The molecule has 0 spiro atoms. The standard InChI is InChI=1S/C63H57N3/c1-5-15-45(16-6-1)46-25-31-54(32-26-46)65(57-37-38-59-58-23-13-14-24-61(58)66(62(59)43-57)53-21-11-4-12-22-53)56-35-29-49(30-36-56)63(50-40-44-39-47(42-50)60(63)41-44)48-27-33-55(34-28-48)64(51-17-7-2-8-18-51)52-19-9-3-10-20-52/h2-4,7-14,17-38,43-45,47,50,60H,1,5-6,15-16,39-42H2. The second kappa shape index (κ2) is 16.2. The van der Waals surface area contributed by atoms with Crippen molar-refractivity contribution in [2.45, 2.75) is 69.1 Å². The van der Waals surface area contributed by atoms with Gasteiger partial charge >= 0.3 is 0 Å². The highest BCUT2D eigenvalue weighted by molar-refractivity contribution is 6.10. The van der Waals surface area contributed by atoms with Crippen molar-refractivity contribution >= 4 is 55.9 Å². The Bertz CT molecular complexity index is 3090. The molecule has 324 valence electrons. The predicted octanol–water partition coefficient (Wildman–Crippen LogP) is 17.1. The van der Waals surface area contributed by atoms with Crippen LogP contribution in [0.1, 0.15) is 80.4 Å². The fourth-order valence-electron chi connectivity index (χ4n) is 14.0. The summed E-state index contributed by atoms with van der Waals surface area (Å²) < 4.78 is 2.44. The van der Waals surface area contributed by atoms with Gasteiger partial charge in [0.15, 0.2) is 0 Å². The molecule has 5 atom stereocenters. The number of para-hydroxylation sites is 4. The van der Waals surface area contributed by atoms with Crippen LogP contribution >= 0.6 is 0 Å². The summed E-state index contributed by atoms with van der Waals surface area (Å²) in [5, 5.41) is 2.55. The van der Waals surface area contributed by atoms with E-state index in [0.717, 1.165) is 11.8 Å². The van der Waals surface area contributed by atoms with Gasteiger partial charge in [-0.15, -0.1) is 0 Å². The highest BCUT2D eigenvalue weighted by atomic mass is 15.1. The highest BCUT2D eigenvalue weighted by Crippen LogP contribution is 2.69. The Hall–Kier alpha value is -6.84. The first kappa shape index (κ1) is 39.5. The largest absolute Gasteiger partial charge is 0.311 e. The monoisotopic (exact) mass is 855 g/mol. The summed E-state index contributed by atoms with van der Waals surface area (Å²) in [5.74, 6) is 3.68. The third kappa shape index (κ3) is 6.45. The van der Waals surface area contributed by atoms with E-state index in [2.05, 4.69) is 221 Å². The molecule has 5 aliphatic carbocycles. The van der Waals surface area contributed by atoms with Crippen molar-refractivity contribution in [2.24, 2.45) is 23.7 Å². The summed E-state index contributed by atoms with van der Waals surface area (Å²) in [6, 6.07) is 77.8. The van der Waals surface area contributed by atoms with Crippen LogP contribution in [-0.4, -0.2) is 4.57 Å². The van der Waals surface area contributed by atoms with Crippen LogP contribution < -0.4 is 9.80 Å². The smallest absolute Gasteiger partial charge is 0.0561 e. The van der Waals surface area contributed by atoms with Crippen molar-refractivity contribution in [2.75, 3.05) is 9.80 Å². The fraction of sp³-hybridized carbons (Fsp3) is 0.238. The van der Waals surface area contributed by atoms with Crippen LogP contribution in [0.4, 0.5) is 34.1 Å². The Morgan fingerprint density at radius 3 is 1.55 bits per heavy atom. The van der Waals surface area contributed by atoms with Gasteiger partial charge in [-0.05, 0) is 176 Å². The third-order valence-corrected chi connectivity index (χ3v) is 16.6. The molecule has 0 radical (unpaired) electrons. The Kier molecular flexibility index (Phi) is 9.73. The summed E-state index contributed by atoms with van der Waals surface area (Å²) in [6.45, 7) is 0. The molecule has 9 aromatic rings. The van der Waals surface area contributed by atoms with Crippen LogP contribution in [0.25, 0.3) is 27.5 Å². The molecule has 0 amide bonds. The van der Waals surface area contributed by atoms with E-state index in [-0.39, 0.29) is 5.41 Å². The number of hydrogen-bond acceptors (Lipinski definition) is 2. The molecule has 66 heavy (non-hydrogen) atoms. The highest BCUT2D eigenvalue weighted by Gasteiger charge is 2.63. The summed E-state index contributed by atoms with van der Waals surface area (Å²) in [6.07, 6.45) is 12.1. The second-order valence-electron chi connectivity index (χ2n) is 20.0. The lowest BCUT2D eigenvalue weighted by Crippen LogP contribution is -2.42. The topological polar surface area (TPSA) is 11.4 Å². The van der Waals surface area contributed by atoms with Crippen LogP contribution in [0.15, 0.2) is 206 Å². The minimum Gasteiger partial charge on any atom is -0.311 e. The maximum Gasteiger partial charge on any atom is 0.0561 e. The van der Waals surface area contributed by atoms with Gasteiger partial charge in [-0.3, -0.25) is 0 Å². The van der Waals surface area contributed by atoms with Gasteiger partial charge in [0.05, 0.1) is 11.0 Å². The molecule has 3 nitrogen and oxygen atoms in total. The lowest BCUT2D eigenvalue weighted by Gasteiger charge is -2.46. The van der Waals surface area contributed by atoms with E-state index in [1.807, 2.05) is 0 Å². The minimum atomic E-state index is 0.00105. The molecule has 0 aliphatic heterocycles. The van der Waals surface area contributed by atoms with E-state index in [4.69, 9.17) is 0 Å². The Balaban J connectivity index is 0.928. The molecule has 5 aliphatic rings. The normalized spacial score (nSPS) is 22.3. The van der Waals surface area contributed by atoms with Crippen molar-refractivity contribution in [1.29, 1.82) is 0 Å². The number of hydrogen-bond donors (Lipinski definition) is 0. The average molecular weight is 856 g/mol. The zero-order chi connectivity index (χ0) is 43.6. The SMILES string of the molecule is c1ccc(N(c2ccccc2)c2ccc(C3(c4ccc(N(c5ccc(C6CCCCC6)cc5)c5ccc6c7ccccc7n(-c7ccccc7)c6c5)cc4)C4CC5CC(C4)C3C5)cc2)cc1. The van der Waals surface area contributed by atoms with Crippen LogP contribution in [0, 0.1) is 23.7 Å². The average Bonchev–Trinajstić information content (AvgIpc) is 3.96. The first-order chi connectivity index (χ1) is 32.7. The molecule has 0 N–H and O–H groups in total. The van der Waals surface area contributed by atoms with E-state index in [1.54, 1.807) is 0 Å². The summed E-state index contributed by atoms with van der Waals surface area (Å²) in [5.41, 5.74) is 15.2. The number of anilines is 6. The molecular formula is C63H57N3. The van der Waals surface area contributed by atoms with E-state index >= 15 is 0 Å². The van der Waals surface area contributed by atoms with Gasteiger partial charge in [-0.25, -0.2) is 0 Å². The zero-order valence-corrected chi connectivity index (χ0v) is 37.7. The van der Waals surface area contributed by atoms with E-state index < -0.39 is 0 Å². The molecule has 0 saturated heterocycles. The predicted molar refractivity (Wildman–Crippen MR) is 276 cm³/mol. The van der Waals surface area contributed by atoms with Gasteiger partial charge in [0, 0.05) is 56.0 Å². The van der Waals surface area contributed by atoms with E-state index in [1.165, 1.54) is 136 Å². The molecule has 1 aromatic heterocycles. The minimum absolute atomic E-state index is 0.00105. The van der Waals surface area contributed by atoms with Gasteiger partial charge < -0.3 is 14.4 Å². The number of aromatic nitrogens is 1. The Morgan fingerprint density at radius 2 is 0.924 bits per heavy atom. The lowest BCUT2D eigenvalue weighted by atomic mass is 9.57. The zero-order valence-electron chi connectivity index (χ0n) is 37.7. The van der Waals surface area contributed by atoms with Crippen molar-refractivity contribution in [3.05, 3.63) is 223 Å². The summed E-state index contributed by atoms with van der Waals surface area (Å²) >= 11 is 0. The van der Waals surface area contributed by atoms with Gasteiger partial charge in [-0.1, -0.05) is 135 Å². The fourth-order valence-corrected chi connectivity index (χ4v) is 14.0. The van der Waals surface area contributed by atoms with Crippen LogP contribution in [0.3, 0.4) is 0 Å². The summed E-state index contributed by atoms with van der Waals surface area (Å²) in [4.78, 5) is 4.90. The van der Waals surface area contributed by atoms with Crippen molar-refractivity contribution in [3.8, 4) is 5.69 Å². The van der Waals surface area contributed by atoms with Gasteiger partial charge in [-0.2, -0.15) is 0 Å². The molecule has 4 bridgehead atoms. The van der Waals surface area contributed by atoms with Crippen LogP contribution in [0.5, 0.6) is 0 Å². The molecule has 3 heteroatoms. The van der Waals surface area contributed by atoms with Crippen molar-refractivity contribution in [3.63, 3.8) is 0 Å². The van der Waals surface area contributed by atoms with Gasteiger partial charge in [0.1, 0.15) is 0 Å². The molecule has 5 saturated carbocycles. The molecule has 14 rings (SSSR count). The molecular weight excluding hydrogens is 799 g/mol. The second-order valence-corrected chi connectivity index (χ2v) is 20.0. The number of nitrogens with zero attached hydrogens (tertiary/aromatic N) is 3. The quantitative estimate of drug-likeness (QED) is 0.136. The van der Waals surface area contributed by atoms with E-state index in [0.29, 0.717) is 17.8 Å². The van der Waals surface area contributed by atoms with Crippen molar-refractivity contribution < 1.29 is 0 Å². The van der Waals surface area contributed by atoms with E-state index in [9.17, 15) is 0 Å². The Labute approximate surface area is 390 Å².